The Kier molecular flexibility index (Phi) is 6.54. The average molecular weight is 417 g/mol. The van der Waals surface area contributed by atoms with E-state index in [1.807, 2.05) is 61.5 Å². The Bertz CT molecular complexity index is 1150. The minimum absolute atomic E-state index is 0.168. The lowest BCUT2D eigenvalue weighted by molar-refractivity contribution is 0.0220. The van der Waals surface area contributed by atoms with Gasteiger partial charge < -0.3 is 18.9 Å². The van der Waals surface area contributed by atoms with Crippen molar-refractivity contribution in [3.05, 3.63) is 72.6 Å². The Morgan fingerprint density at radius 3 is 2.52 bits per heavy atom. The Morgan fingerprint density at radius 1 is 0.871 bits per heavy atom. The molecule has 0 atom stereocenters. The lowest BCUT2D eigenvalue weighted by atomic mass is 10.2. The largest absolute Gasteiger partial charge is 0.497 e. The molecule has 2 aromatic carbocycles. The average Bonchev–Trinajstić information content (AvgIpc) is 2.83. The maximum atomic E-state index is 6.08. The standard InChI is InChI=1S/C24H23N3O4/c1-3-29-16-31-20-13-25-24(26-14-20)21-11-10-18-7-5-9-22(23(18)27-21)30-15-17-6-4-8-19(12-17)28-2/h4-14H,3,15-16H2,1-2H3. The van der Waals surface area contributed by atoms with Gasteiger partial charge in [-0.05, 0) is 36.8 Å². The van der Waals surface area contributed by atoms with Crippen LogP contribution in [0.3, 0.4) is 0 Å². The van der Waals surface area contributed by atoms with Crippen LogP contribution in [0.2, 0.25) is 0 Å². The van der Waals surface area contributed by atoms with Crippen molar-refractivity contribution in [2.75, 3.05) is 20.5 Å². The second-order valence-corrected chi connectivity index (χ2v) is 6.66. The molecule has 0 saturated carbocycles. The molecule has 0 aliphatic carbocycles. The monoisotopic (exact) mass is 417 g/mol. The quantitative estimate of drug-likeness (QED) is 0.290. The molecule has 0 unspecified atom stereocenters. The molecule has 0 aliphatic heterocycles. The van der Waals surface area contributed by atoms with Crippen LogP contribution in [0.25, 0.3) is 22.4 Å². The van der Waals surface area contributed by atoms with Gasteiger partial charge in [-0.25, -0.2) is 15.0 Å². The van der Waals surface area contributed by atoms with Crippen LogP contribution in [0.4, 0.5) is 0 Å². The van der Waals surface area contributed by atoms with Crippen LogP contribution in [0.15, 0.2) is 67.0 Å². The van der Waals surface area contributed by atoms with E-state index in [2.05, 4.69) is 9.97 Å². The Hall–Kier alpha value is -3.71. The highest BCUT2D eigenvalue weighted by Gasteiger charge is 2.09. The molecule has 0 spiro atoms. The van der Waals surface area contributed by atoms with E-state index in [0.29, 0.717) is 36.2 Å². The number of fused-ring (bicyclic) bond motifs is 1. The fraction of sp³-hybridized carbons (Fsp3) is 0.208. The molecule has 4 aromatic rings. The minimum Gasteiger partial charge on any atom is -0.497 e. The highest BCUT2D eigenvalue weighted by molar-refractivity contribution is 5.86. The molecule has 4 rings (SSSR count). The highest BCUT2D eigenvalue weighted by Crippen LogP contribution is 2.27. The van der Waals surface area contributed by atoms with Gasteiger partial charge in [0.1, 0.15) is 29.3 Å². The Balaban J connectivity index is 1.55. The maximum Gasteiger partial charge on any atom is 0.189 e. The number of hydrogen-bond donors (Lipinski definition) is 0. The summed E-state index contributed by atoms with van der Waals surface area (Å²) >= 11 is 0. The van der Waals surface area contributed by atoms with E-state index in [9.17, 15) is 0 Å². The predicted molar refractivity (Wildman–Crippen MR) is 117 cm³/mol. The molecule has 0 fully saturated rings. The summed E-state index contributed by atoms with van der Waals surface area (Å²) in [5.41, 5.74) is 2.42. The highest BCUT2D eigenvalue weighted by atomic mass is 16.7. The first-order chi connectivity index (χ1) is 15.3. The fourth-order valence-electron chi connectivity index (χ4n) is 3.00. The van der Waals surface area contributed by atoms with Gasteiger partial charge >= 0.3 is 0 Å². The second-order valence-electron chi connectivity index (χ2n) is 6.66. The third-order valence-electron chi connectivity index (χ3n) is 4.58. The summed E-state index contributed by atoms with van der Waals surface area (Å²) in [4.78, 5) is 13.5. The zero-order valence-corrected chi connectivity index (χ0v) is 17.4. The van der Waals surface area contributed by atoms with E-state index in [1.165, 1.54) is 0 Å². The van der Waals surface area contributed by atoms with Crippen LogP contribution < -0.4 is 14.2 Å². The molecule has 7 nitrogen and oxygen atoms in total. The molecule has 0 radical (unpaired) electrons. The minimum atomic E-state index is 0.168. The number of aromatic nitrogens is 3. The first-order valence-corrected chi connectivity index (χ1v) is 9.95. The molecular formula is C24H23N3O4. The summed E-state index contributed by atoms with van der Waals surface area (Å²) in [7, 11) is 1.65. The number of nitrogens with zero attached hydrogens (tertiary/aromatic N) is 3. The van der Waals surface area contributed by atoms with Crippen LogP contribution in [0.1, 0.15) is 12.5 Å². The summed E-state index contributed by atoms with van der Waals surface area (Å²) in [5.74, 6) is 2.54. The van der Waals surface area contributed by atoms with Crippen LogP contribution in [0, 0.1) is 0 Å². The molecule has 0 N–H and O–H groups in total. The van der Waals surface area contributed by atoms with Crippen molar-refractivity contribution in [3.63, 3.8) is 0 Å². The molecule has 31 heavy (non-hydrogen) atoms. The normalized spacial score (nSPS) is 10.8. The summed E-state index contributed by atoms with van der Waals surface area (Å²) < 4.78 is 21.9. The van der Waals surface area contributed by atoms with E-state index in [4.69, 9.17) is 23.9 Å². The van der Waals surface area contributed by atoms with Crippen LogP contribution in [0.5, 0.6) is 17.2 Å². The van der Waals surface area contributed by atoms with E-state index in [0.717, 1.165) is 22.2 Å². The van der Waals surface area contributed by atoms with Crippen molar-refractivity contribution in [2.24, 2.45) is 0 Å². The van der Waals surface area contributed by atoms with Crippen LogP contribution in [-0.2, 0) is 11.3 Å². The fourth-order valence-corrected chi connectivity index (χ4v) is 3.00. The van der Waals surface area contributed by atoms with Crippen molar-refractivity contribution < 1.29 is 18.9 Å². The molecule has 0 saturated heterocycles. The van der Waals surface area contributed by atoms with Gasteiger partial charge in [0.05, 0.1) is 19.5 Å². The molecular weight excluding hydrogens is 394 g/mol. The second kappa shape index (κ2) is 9.86. The summed E-state index contributed by atoms with van der Waals surface area (Å²) in [6.45, 7) is 3.07. The molecule has 7 heteroatoms. The molecule has 0 amide bonds. The number of benzene rings is 2. The third-order valence-corrected chi connectivity index (χ3v) is 4.58. The molecule has 2 heterocycles. The summed E-state index contributed by atoms with van der Waals surface area (Å²) in [6, 6.07) is 17.5. The number of methoxy groups -OCH3 is 1. The number of ether oxygens (including phenoxy) is 4. The summed E-state index contributed by atoms with van der Waals surface area (Å²) in [6.07, 6.45) is 3.22. The smallest absolute Gasteiger partial charge is 0.189 e. The molecule has 0 bridgehead atoms. The van der Waals surface area contributed by atoms with Crippen LogP contribution in [-0.4, -0.2) is 35.5 Å². The number of rotatable bonds is 9. The first-order valence-electron chi connectivity index (χ1n) is 9.95. The van der Waals surface area contributed by atoms with Crippen molar-refractivity contribution >= 4 is 10.9 Å². The van der Waals surface area contributed by atoms with Gasteiger partial charge in [-0.2, -0.15) is 0 Å². The Morgan fingerprint density at radius 2 is 1.71 bits per heavy atom. The lowest BCUT2D eigenvalue weighted by Gasteiger charge is -2.11. The summed E-state index contributed by atoms with van der Waals surface area (Å²) in [5, 5.41) is 0.976. The topological polar surface area (TPSA) is 75.6 Å². The van der Waals surface area contributed by atoms with Gasteiger partial charge in [-0.3, -0.25) is 0 Å². The van der Waals surface area contributed by atoms with Gasteiger partial charge in [0.2, 0.25) is 0 Å². The van der Waals surface area contributed by atoms with E-state index in [1.54, 1.807) is 19.5 Å². The van der Waals surface area contributed by atoms with Crippen molar-refractivity contribution in [2.45, 2.75) is 13.5 Å². The number of hydrogen-bond acceptors (Lipinski definition) is 7. The van der Waals surface area contributed by atoms with Crippen molar-refractivity contribution in [1.29, 1.82) is 0 Å². The van der Waals surface area contributed by atoms with E-state index >= 15 is 0 Å². The Labute approximate surface area is 180 Å². The first kappa shape index (κ1) is 20.6. The molecule has 158 valence electrons. The third kappa shape index (κ3) is 5.07. The van der Waals surface area contributed by atoms with Gasteiger partial charge in [0.25, 0.3) is 0 Å². The van der Waals surface area contributed by atoms with Gasteiger partial charge in [0, 0.05) is 12.0 Å². The van der Waals surface area contributed by atoms with Gasteiger partial charge in [-0.1, -0.05) is 30.3 Å². The zero-order chi connectivity index (χ0) is 21.5. The lowest BCUT2D eigenvalue weighted by Crippen LogP contribution is -2.03. The molecule has 2 aromatic heterocycles. The van der Waals surface area contributed by atoms with Crippen molar-refractivity contribution in [3.8, 4) is 28.8 Å². The van der Waals surface area contributed by atoms with E-state index < -0.39 is 0 Å². The predicted octanol–water partition coefficient (Wildman–Crippen LogP) is 4.65. The van der Waals surface area contributed by atoms with Gasteiger partial charge in [0.15, 0.2) is 18.4 Å². The molecule has 0 aliphatic rings. The zero-order valence-electron chi connectivity index (χ0n) is 17.4. The number of pyridine rings is 1. The van der Waals surface area contributed by atoms with E-state index in [-0.39, 0.29) is 6.79 Å². The maximum absolute atomic E-state index is 6.08. The van der Waals surface area contributed by atoms with Crippen LogP contribution >= 0.6 is 0 Å². The van der Waals surface area contributed by atoms with Crippen molar-refractivity contribution in [1.82, 2.24) is 15.0 Å². The SMILES string of the molecule is CCOCOc1cnc(-c2ccc3cccc(OCc4cccc(OC)c4)c3n2)nc1. The number of para-hydroxylation sites is 1. The van der Waals surface area contributed by atoms with Gasteiger partial charge in [-0.15, -0.1) is 0 Å².